The number of hydrogen-bond donors (Lipinski definition) is 2. The van der Waals surface area contributed by atoms with Crippen LogP contribution in [-0.4, -0.2) is 36.6 Å². The van der Waals surface area contributed by atoms with Crippen LogP contribution in [-0.2, 0) is 9.53 Å². The monoisotopic (exact) mass is 319 g/mol. The van der Waals surface area contributed by atoms with Gasteiger partial charge >= 0.3 is 0 Å². The number of pyridine rings is 1. The van der Waals surface area contributed by atoms with Crippen molar-refractivity contribution in [3.8, 4) is 0 Å². The van der Waals surface area contributed by atoms with Gasteiger partial charge in [0.2, 0.25) is 5.91 Å². The zero-order valence-corrected chi connectivity index (χ0v) is 14.0. The second-order valence-corrected chi connectivity index (χ2v) is 6.93. The van der Waals surface area contributed by atoms with Gasteiger partial charge in [-0.15, -0.1) is 0 Å². The van der Waals surface area contributed by atoms with Crippen LogP contribution in [0, 0.1) is 11.3 Å². The summed E-state index contributed by atoms with van der Waals surface area (Å²) in [5.41, 5.74) is -0.00438. The van der Waals surface area contributed by atoms with Crippen LogP contribution < -0.4 is 10.6 Å². The van der Waals surface area contributed by atoms with Gasteiger partial charge in [-0.3, -0.25) is 9.59 Å². The van der Waals surface area contributed by atoms with Gasteiger partial charge in [0.15, 0.2) is 0 Å². The molecule has 0 spiro atoms. The molecule has 0 bridgehead atoms. The minimum atomic E-state index is -0.486. The summed E-state index contributed by atoms with van der Waals surface area (Å²) in [4.78, 5) is 28.1. The van der Waals surface area contributed by atoms with E-state index in [4.69, 9.17) is 4.74 Å². The van der Waals surface area contributed by atoms with E-state index in [0.717, 1.165) is 19.4 Å². The lowest BCUT2D eigenvalue weighted by molar-refractivity contribution is -0.123. The van der Waals surface area contributed by atoms with E-state index < -0.39 is 5.41 Å². The molecule has 6 heteroatoms. The minimum absolute atomic E-state index is 0.112. The molecule has 1 aromatic rings. The fourth-order valence-corrected chi connectivity index (χ4v) is 2.21. The predicted molar refractivity (Wildman–Crippen MR) is 88.2 cm³/mol. The number of amides is 2. The third-order valence-corrected chi connectivity index (χ3v) is 3.75. The van der Waals surface area contributed by atoms with Crippen molar-refractivity contribution >= 4 is 17.6 Å². The van der Waals surface area contributed by atoms with E-state index in [9.17, 15) is 9.59 Å². The maximum absolute atomic E-state index is 12.1. The zero-order valence-electron chi connectivity index (χ0n) is 14.0. The van der Waals surface area contributed by atoms with Crippen LogP contribution in [0.4, 0.5) is 5.82 Å². The van der Waals surface area contributed by atoms with Gasteiger partial charge in [0.1, 0.15) is 5.82 Å². The van der Waals surface area contributed by atoms with Crippen LogP contribution in [0.25, 0.3) is 0 Å². The summed E-state index contributed by atoms with van der Waals surface area (Å²) in [7, 11) is 0. The molecule has 2 N–H and O–H groups in total. The maximum atomic E-state index is 12.1. The van der Waals surface area contributed by atoms with Crippen molar-refractivity contribution < 1.29 is 14.3 Å². The number of nitrogens with zero attached hydrogens (tertiary/aromatic N) is 1. The van der Waals surface area contributed by atoms with Crippen molar-refractivity contribution in [1.82, 2.24) is 10.3 Å². The molecule has 126 valence electrons. The number of nitrogens with one attached hydrogen (secondary N) is 2. The first-order chi connectivity index (χ1) is 10.9. The summed E-state index contributed by atoms with van der Waals surface area (Å²) >= 11 is 0. The second kappa shape index (κ2) is 7.55. The molecule has 0 aliphatic carbocycles. The Morgan fingerprint density at radius 3 is 2.70 bits per heavy atom. The summed E-state index contributed by atoms with van der Waals surface area (Å²) in [5, 5.41) is 5.64. The molecule has 0 radical (unpaired) electrons. The number of carbonyl (C=O) groups excluding carboxylic acids is 2. The van der Waals surface area contributed by atoms with Crippen molar-refractivity contribution in [3.63, 3.8) is 0 Å². The van der Waals surface area contributed by atoms with Crippen LogP contribution in [0.2, 0.25) is 0 Å². The van der Waals surface area contributed by atoms with Crippen LogP contribution in [0.1, 0.15) is 44.0 Å². The van der Waals surface area contributed by atoms with Gasteiger partial charge in [-0.1, -0.05) is 20.8 Å². The predicted octanol–water partition coefficient (Wildman–Crippen LogP) is 2.22. The molecule has 1 fully saturated rings. The molecule has 2 heterocycles. The smallest absolute Gasteiger partial charge is 0.252 e. The number of carbonyl (C=O) groups is 2. The quantitative estimate of drug-likeness (QED) is 0.892. The van der Waals surface area contributed by atoms with Crippen molar-refractivity contribution in [3.05, 3.63) is 23.9 Å². The average Bonchev–Trinajstić information content (AvgIpc) is 2.53. The fourth-order valence-electron chi connectivity index (χ4n) is 2.21. The first-order valence-corrected chi connectivity index (χ1v) is 8.00. The Kier molecular flexibility index (Phi) is 5.71. The molecule has 6 nitrogen and oxygen atoms in total. The summed E-state index contributed by atoms with van der Waals surface area (Å²) in [6.07, 6.45) is 3.60. The molecule has 1 aliphatic rings. The largest absolute Gasteiger partial charge is 0.381 e. The van der Waals surface area contributed by atoms with Gasteiger partial charge in [-0.25, -0.2) is 4.98 Å². The number of aromatic nitrogens is 1. The van der Waals surface area contributed by atoms with E-state index in [1.807, 2.05) is 20.8 Å². The molecule has 0 saturated carbocycles. The van der Waals surface area contributed by atoms with Crippen LogP contribution in [0.5, 0.6) is 0 Å². The molecular formula is C17H25N3O3. The van der Waals surface area contributed by atoms with E-state index in [2.05, 4.69) is 15.6 Å². The van der Waals surface area contributed by atoms with Gasteiger partial charge in [0.25, 0.3) is 5.91 Å². The molecular weight excluding hydrogens is 294 g/mol. The minimum Gasteiger partial charge on any atom is -0.381 e. The number of ether oxygens (including phenoxy) is 1. The molecule has 1 aliphatic heterocycles. The Bertz CT molecular complexity index is 543. The zero-order chi connectivity index (χ0) is 16.9. The highest BCUT2D eigenvalue weighted by Gasteiger charge is 2.21. The van der Waals surface area contributed by atoms with E-state index in [1.165, 1.54) is 6.20 Å². The summed E-state index contributed by atoms with van der Waals surface area (Å²) < 4.78 is 5.40. The van der Waals surface area contributed by atoms with E-state index in [0.29, 0.717) is 30.5 Å². The number of anilines is 1. The summed E-state index contributed by atoms with van der Waals surface area (Å²) in [5.74, 6) is 0.560. The van der Waals surface area contributed by atoms with Crippen molar-refractivity contribution in [2.24, 2.45) is 11.3 Å². The Morgan fingerprint density at radius 1 is 1.35 bits per heavy atom. The number of rotatable bonds is 4. The van der Waals surface area contributed by atoms with E-state index >= 15 is 0 Å². The van der Waals surface area contributed by atoms with Crippen molar-refractivity contribution in [2.75, 3.05) is 25.1 Å². The Hall–Kier alpha value is -1.95. The van der Waals surface area contributed by atoms with Crippen LogP contribution >= 0.6 is 0 Å². The first-order valence-electron chi connectivity index (χ1n) is 8.00. The van der Waals surface area contributed by atoms with Crippen molar-refractivity contribution in [2.45, 2.75) is 33.6 Å². The van der Waals surface area contributed by atoms with Crippen LogP contribution in [0.15, 0.2) is 18.3 Å². The Balaban J connectivity index is 1.86. The average molecular weight is 319 g/mol. The second-order valence-electron chi connectivity index (χ2n) is 6.93. The highest BCUT2D eigenvalue weighted by molar-refractivity contribution is 5.95. The molecule has 1 aromatic heterocycles. The van der Waals surface area contributed by atoms with Crippen molar-refractivity contribution in [1.29, 1.82) is 0 Å². The van der Waals surface area contributed by atoms with Gasteiger partial charge in [-0.2, -0.15) is 0 Å². The van der Waals surface area contributed by atoms with E-state index in [1.54, 1.807) is 12.1 Å². The third-order valence-electron chi connectivity index (χ3n) is 3.75. The maximum Gasteiger partial charge on any atom is 0.252 e. The Labute approximate surface area is 137 Å². The molecule has 0 aromatic carbocycles. The lowest BCUT2D eigenvalue weighted by atomic mass is 9.96. The summed E-state index contributed by atoms with van der Waals surface area (Å²) in [6, 6.07) is 3.31. The van der Waals surface area contributed by atoms with Crippen LogP contribution in [0.3, 0.4) is 0 Å². The third kappa shape index (κ3) is 5.32. The standard InChI is InChI=1S/C17H25N3O3/c1-17(2,3)16(22)20-14-7-6-13(10-18-14)15(21)19-9-12-5-4-8-23-11-12/h6-7,10,12H,4-5,8-9,11H2,1-3H3,(H,19,21)(H,18,20,22). The lowest BCUT2D eigenvalue weighted by Crippen LogP contribution is -2.33. The molecule has 2 rings (SSSR count). The molecule has 1 atom stereocenters. The highest BCUT2D eigenvalue weighted by atomic mass is 16.5. The van der Waals surface area contributed by atoms with E-state index in [-0.39, 0.29) is 11.8 Å². The molecule has 23 heavy (non-hydrogen) atoms. The number of hydrogen-bond acceptors (Lipinski definition) is 4. The molecule has 1 unspecified atom stereocenters. The first kappa shape index (κ1) is 17.4. The van der Waals surface area contributed by atoms with Gasteiger partial charge < -0.3 is 15.4 Å². The molecule has 2 amide bonds. The lowest BCUT2D eigenvalue weighted by Gasteiger charge is -2.22. The van der Waals surface area contributed by atoms with Gasteiger partial charge in [0.05, 0.1) is 12.2 Å². The fraction of sp³-hybridized carbons (Fsp3) is 0.588. The highest BCUT2D eigenvalue weighted by Crippen LogP contribution is 2.16. The van der Waals surface area contributed by atoms with Gasteiger partial charge in [-0.05, 0) is 30.9 Å². The Morgan fingerprint density at radius 2 is 2.13 bits per heavy atom. The normalized spacial score (nSPS) is 18.3. The summed E-state index contributed by atoms with van der Waals surface area (Å²) in [6.45, 7) is 7.63. The topological polar surface area (TPSA) is 80.3 Å². The SMILES string of the molecule is CC(C)(C)C(=O)Nc1ccc(C(=O)NCC2CCCOC2)cn1. The van der Waals surface area contributed by atoms with Gasteiger partial charge in [0, 0.05) is 24.8 Å². The molecule has 1 saturated heterocycles.